The average Bonchev–Trinajstić information content (AvgIpc) is 2.38. The van der Waals surface area contributed by atoms with E-state index in [2.05, 4.69) is 15.5 Å². The van der Waals surface area contributed by atoms with Crippen molar-refractivity contribution < 1.29 is 9.47 Å². The first kappa shape index (κ1) is 15.5. The van der Waals surface area contributed by atoms with Gasteiger partial charge in [-0.05, 0) is 38.4 Å². The second kappa shape index (κ2) is 7.81. The maximum absolute atomic E-state index is 5.24. The van der Waals surface area contributed by atoms with E-state index in [0.717, 1.165) is 18.8 Å². The summed E-state index contributed by atoms with van der Waals surface area (Å²) in [7, 11) is 7.26. The van der Waals surface area contributed by atoms with E-state index in [1.807, 2.05) is 32.3 Å². The number of hydrogen-bond acceptors (Lipinski definition) is 4. The van der Waals surface area contributed by atoms with Crippen molar-refractivity contribution in [2.75, 3.05) is 46.7 Å². The van der Waals surface area contributed by atoms with Crippen molar-refractivity contribution in [3.63, 3.8) is 0 Å². The van der Waals surface area contributed by atoms with Crippen LogP contribution in [0.2, 0.25) is 0 Å². The zero-order valence-corrected chi connectivity index (χ0v) is 12.6. The van der Waals surface area contributed by atoms with E-state index in [-0.39, 0.29) is 0 Å². The molecule has 106 valence electrons. The van der Waals surface area contributed by atoms with Crippen LogP contribution in [0.15, 0.2) is 18.2 Å². The molecule has 0 heterocycles. The molecule has 0 aliphatic rings. The van der Waals surface area contributed by atoms with Gasteiger partial charge in [-0.1, -0.05) is 0 Å². The Balaban J connectivity index is 2.54. The van der Waals surface area contributed by atoms with Crippen LogP contribution >= 0.6 is 12.2 Å². The molecule has 2 N–H and O–H groups in total. The molecule has 0 unspecified atom stereocenters. The smallest absolute Gasteiger partial charge is 0.170 e. The highest BCUT2D eigenvalue weighted by atomic mass is 32.1. The van der Waals surface area contributed by atoms with Gasteiger partial charge in [0.25, 0.3) is 0 Å². The number of ether oxygens (including phenoxy) is 2. The third-order valence-electron chi connectivity index (χ3n) is 2.49. The van der Waals surface area contributed by atoms with Gasteiger partial charge >= 0.3 is 0 Å². The van der Waals surface area contributed by atoms with Gasteiger partial charge in [-0.25, -0.2) is 0 Å². The van der Waals surface area contributed by atoms with Crippen molar-refractivity contribution in [1.82, 2.24) is 10.2 Å². The van der Waals surface area contributed by atoms with Gasteiger partial charge in [-0.2, -0.15) is 0 Å². The second-order valence-corrected chi connectivity index (χ2v) is 4.66. The largest absolute Gasteiger partial charge is 0.493 e. The lowest BCUT2D eigenvalue weighted by molar-refractivity contribution is 0.355. The number of nitrogens with zero attached hydrogens (tertiary/aromatic N) is 1. The van der Waals surface area contributed by atoms with E-state index >= 15 is 0 Å². The molecule has 0 amide bonds. The van der Waals surface area contributed by atoms with Crippen LogP contribution in [0.5, 0.6) is 11.5 Å². The first-order valence-corrected chi connectivity index (χ1v) is 6.39. The summed E-state index contributed by atoms with van der Waals surface area (Å²) in [5, 5.41) is 6.83. The summed E-state index contributed by atoms with van der Waals surface area (Å²) < 4.78 is 10.4. The molecular formula is C13H21N3O2S. The summed E-state index contributed by atoms with van der Waals surface area (Å²) in [6.07, 6.45) is 0. The third-order valence-corrected chi connectivity index (χ3v) is 2.73. The van der Waals surface area contributed by atoms with Crippen LogP contribution in [-0.4, -0.2) is 51.4 Å². The van der Waals surface area contributed by atoms with Gasteiger partial charge in [0.15, 0.2) is 16.6 Å². The zero-order chi connectivity index (χ0) is 14.3. The van der Waals surface area contributed by atoms with Gasteiger partial charge in [-0.3, -0.25) is 0 Å². The fourth-order valence-corrected chi connectivity index (χ4v) is 1.70. The first-order valence-electron chi connectivity index (χ1n) is 5.98. The second-order valence-electron chi connectivity index (χ2n) is 4.25. The number of likely N-dealkylation sites (N-methyl/N-ethyl adjacent to an activating group) is 1. The van der Waals surface area contributed by atoms with Crippen molar-refractivity contribution in [2.24, 2.45) is 0 Å². The number of nitrogens with one attached hydrogen (secondary N) is 2. The van der Waals surface area contributed by atoms with Crippen LogP contribution in [0.1, 0.15) is 0 Å². The lowest BCUT2D eigenvalue weighted by Gasteiger charge is -2.14. The summed E-state index contributed by atoms with van der Waals surface area (Å²) in [6, 6.07) is 5.57. The number of rotatable bonds is 6. The highest BCUT2D eigenvalue weighted by Gasteiger charge is 2.05. The first-order chi connectivity index (χ1) is 9.06. The molecule has 6 heteroatoms. The predicted octanol–water partition coefficient (Wildman–Crippen LogP) is 1.55. The Bertz CT molecular complexity index is 424. The van der Waals surface area contributed by atoms with Gasteiger partial charge in [0.05, 0.1) is 14.2 Å². The minimum absolute atomic E-state index is 0.592. The SMILES string of the molecule is COc1ccc(NC(=S)NCCN(C)C)cc1OC. The Labute approximate surface area is 119 Å². The number of anilines is 1. The summed E-state index contributed by atoms with van der Waals surface area (Å²) in [4.78, 5) is 2.09. The van der Waals surface area contributed by atoms with Crippen molar-refractivity contribution in [3.8, 4) is 11.5 Å². The highest BCUT2D eigenvalue weighted by Crippen LogP contribution is 2.29. The quantitative estimate of drug-likeness (QED) is 0.773. The van der Waals surface area contributed by atoms with E-state index in [1.54, 1.807) is 14.2 Å². The van der Waals surface area contributed by atoms with Crippen LogP contribution in [0.3, 0.4) is 0 Å². The minimum atomic E-state index is 0.592. The molecule has 0 aliphatic carbocycles. The van der Waals surface area contributed by atoms with Gasteiger partial charge in [0, 0.05) is 24.8 Å². The summed E-state index contributed by atoms with van der Waals surface area (Å²) >= 11 is 5.22. The summed E-state index contributed by atoms with van der Waals surface area (Å²) in [6.45, 7) is 1.72. The number of thiocarbonyl (C=S) groups is 1. The van der Waals surface area contributed by atoms with E-state index in [1.165, 1.54) is 0 Å². The molecule has 0 aliphatic heterocycles. The predicted molar refractivity (Wildman–Crippen MR) is 82.3 cm³/mol. The van der Waals surface area contributed by atoms with Gasteiger partial charge in [-0.15, -0.1) is 0 Å². The Hall–Kier alpha value is -1.53. The van der Waals surface area contributed by atoms with Crippen molar-refractivity contribution >= 4 is 23.0 Å². The highest BCUT2D eigenvalue weighted by molar-refractivity contribution is 7.80. The normalized spacial score (nSPS) is 10.2. The molecule has 1 aromatic rings. The number of hydrogen-bond donors (Lipinski definition) is 2. The fourth-order valence-electron chi connectivity index (χ4n) is 1.48. The molecule has 19 heavy (non-hydrogen) atoms. The molecule has 0 spiro atoms. The van der Waals surface area contributed by atoms with Crippen LogP contribution in [0.25, 0.3) is 0 Å². The molecule has 0 radical (unpaired) electrons. The minimum Gasteiger partial charge on any atom is -0.493 e. The number of benzene rings is 1. The number of methoxy groups -OCH3 is 2. The average molecular weight is 283 g/mol. The third kappa shape index (κ3) is 5.32. The van der Waals surface area contributed by atoms with E-state index in [4.69, 9.17) is 21.7 Å². The molecule has 0 aromatic heterocycles. The standard InChI is InChI=1S/C13H21N3O2S/c1-16(2)8-7-14-13(19)15-10-5-6-11(17-3)12(9-10)18-4/h5-6,9H,7-8H2,1-4H3,(H2,14,15,19). The molecular weight excluding hydrogens is 262 g/mol. The van der Waals surface area contributed by atoms with Gasteiger partial charge in [0.1, 0.15) is 0 Å². The Morgan fingerprint density at radius 2 is 1.89 bits per heavy atom. The van der Waals surface area contributed by atoms with Gasteiger partial charge in [0.2, 0.25) is 0 Å². The molecule has 1 rings (SSSR count). The summed E-state index contributed by atoms with van der Waals surface area (Å²) in [5.41, 5.74) is 0.861. The summed E-state index contributed by atoms with van der Waals surface area (Å²) in [5.74, 6) is 1.36. The molecule has 0 saturated carbocycles. The van der Waals surface area contributed by atoms with Crippen LogP contribution in [0, 0.1) is 0 Å². The molecule has 0 atom stereocenters. The Morgan fingerprint density at radius 3 is 2.47 bits per heavy atom. The maximum atomic E-state index is 5.24. The fraction of sp³-hybridized carbons (Fsp3) is 0.462. The molecule has 0 saturated heterocycles. The van der Waals surface area contributed by atoms with E-state index < -0.39 is 0 Å². The lowest BCUT2D eigenvalue weighted by Crippen LogP contribution is -2.34. The van der Waals surface area contributed by atoms with Crippen LogP contribution in [0.4, 0.5) is 5.69 Å². The lowest BCUT2D eigenvalue weighted by atomic mass is 10.3. The van der Waals surface area contributed by atoms with Crippen LogP contribution < -0.4 is 20.1 Å². The maximum Gasteiger partial charge on any atom is 0.170 e. The zero-order valence-electron chi connectivity index (χ0n) is 11.8. The van der Waals surface area contributed by atoms with Gasteiger partial charge < -0.3 is 25.0 Å². The molecule has 1 aromatic carbocycles. The Kier molecular flexibility index (Phi) is 6.38. The van der Waals surface area contributed by atoms with Crippen molar-refractivity contribution in [2.45, 2.75) is 0 Å². The van der Waals surface area contributed by atoms with E-state index in [9.17, 15) is 0 Å². The van der Waals surface area contributed by atoms with Crippen molar-refractivity contribution in [3.05, 3.63) is 18.2 Å². The molecule has 0 fully saturated rings. The van der Waals surface area contributed by atoms with E-state index in [0.29, 0.717) is 16.6 Å². The molecule has 5 nitrogen and oxygen atoms in total. The Morgan fingerprint density at radius 1 is 1.21 bits per heavy atom. The van der Waals surface area contributed by atoms with Crippen molar-refractivity contribution in [1.29, 1.82) is 0 Å². The van der Waals surface area contributed by atoms with Crippen LogP contribution in [-0.2, 0) is 0 Å². The topological polar surface area (TPSA) is 45.8 Å². The molecule has 0 bridgehead atoms. The monoisotopic (exact) mass is 283 g/mol.